The molecule has 0 bridgehead atoms. The summed E-state index contributed by atoms with van der Waals surface area (Å²) in [5.41, 5.74) is 0.430. The van der Waals surface area contributed by atoms with Crippen LogP contribution in [0.1, 0.15) is 30.5 Å². The van der Waals surface area contributed by atoms with E-state index in [-0.39, 0.29) is 47.7 Å². The second-order valence-electron chi connectivity index (χ2n) is 11.6. The van der Waals surface area contributed by atoms with Gasteiger partial charge in [0.15, 0.2) is 0 Å². The van der Waals surface area contributed by atoms with Crippen molar-refractivity contribution in [2.45, 2.75) is 32.6 Å². The molecule has 2 aromatic carbocycles. The Labute approximate surface area is 272 Å². The molecule has 0 aliphatic carbocycles. The Morgan fingerprint density at radius 2 is 1.96 bits per heavy atom. The van der Waals surface area contributed by atoms with Gasteiger partial charge in [-0.25, -0.2) is 4.79 Å². The molecular weight excluding hydrogens is 647 g/mol. The normalized spacial score (nSPS) is 18.9. The molecule has 2 aliphatic heterocycles. The van der Waals surface area contributed by atoms with Gasteiger partial charge in [-0.3, -0.25) is 24.1 Å². The summed E-state index contributed by atoms with van der Waals surface area (Å²) in [6.07, 6.45) is -1.90. The van der Waals surface area contributed by atoms with Crippen molar-refractivity contribution >= 4 is 57.6 Å². The van der Waals surface area contributed by atoms with Crippen LogP contribution in [-0.2, 0) is 22.3 Å². The van der Waals surface area contributed by atoms with Gasteiger partial charge < -0.3 is 14.7 Å². The molecular formula is C31H33ClF3N5O5S. The lowest BCUT2D eigenvalue weighted by Crippen LogP contribution is -2.57. The fourth-order valence-electron chi connectivity index (χ4n) is 5.36. The van der Waals surface area contributed by atoms with Gasteiger partial charge in [0, 0.05) is 43.1 Å². The number of carbonyl (C=O) groups is 3. The molecule has 246 valence electrons. The molecule has 3 heterocycles. The van der Waals surface area contributed by atoms with Crippen LogP contribution in [0, 0.1) is 5.92 Å². The van der Waals surface area contributed by atoms with E-state index in [1.54, 1.807) is 24.3 Å². The first-order valence-electron chi connectivity index (χ1n) is 14.7. The first kappa shape index (κ1) is 33.8. The SMILES string of the molecule is CC(C)COC(=O)N1CCN(CCN2C(=O)SC(=Cc3ccc4c(cnn4Cc4ccc(Cl)cc4C(F)(F)F)c3)C2=O)C[C@@H]1CO. The van der Waals surface area contributed by atoms with Gasteiger partial charge in [-0.15, -0.1) is 0 Å². The number of aromatic nitrogens is 2. The zero-order chi connectivity index (χ0) is 33.2. The number of hydrogen-bond donors (Lipinski definition) is 1. The monoisotopic (exact) mass is 679 g/mol. The molecule has 0 spiro atoms. The molecule has 2 fully saturated rings. The highest BCUT2D eigenvalue weighted by Crippen LogP contribution is 2.35. The van der Waals surface area contributed by atoms with Crippen molar-refractivity contribution in [3.63, 3.8) is 0 Å². The van der Waals surface area contributed by atoms with E-state index < -0.39 is 35.0 Å². The maximum Gasteiger partial charge on any atom is 0.416 e. The summed E-state index contributed by atoms with van der Waals surface area (Å²) < 4.78 is 47.5. The smallest absolute Gasteiger partial charge is 0.416 e. The summed E-state index contributed by atoms with van der Waals surface area (Å²) in [4.78, 5) is 43.3. The van der Waals surface area contributed by atoms with Crippen molar-refractivity contribution in [3.8, 4) is 0 Å². The Balaban J connectivity index is 1.22. The van der Waals surface area contributed by atoms with Gasteiger partial charge in [0.1, 0.15) is 0 Å². The van der Waals surface area contributed by atoms with Gasteiger partial charge in [-0.1, -0.05) is 37.6 Å². The van der Waals surface area contributed by atoms with Crippen LogP contribution in [0.2, 0.25) is 5.02 Å². The predicted molar refractivity (Wildman–Crippen MR) is 168 cm³/mol. The molecule has 1 atom stereocenters. The fraction of sp³-hybridized carbons (Fsp3) is 0.419. The van der Waals surface area contributed by atoms with Crippen LogP contribution in [0.15, 0.2) is 47.5 Å². The minimum Gasteiger partial charge on any atom is -0.449 e. The van der Waals surface area contributed by atoms with Crippen molar-refractivity contribution in [1.29, 1.82) is 0 Å². The number of thioether (sulfide) groups is 1. The molecule has 1 N–H and O–H groups in total. The standard InChI is InChI=1S/C31H33ClF3N5O5S/c1-19(2)18-45-29(43)38-9-7-37(16-24(38)17-41)8-10-39-28(42)27(46-30(39)44)12-20-3-6-26-22(11-20)14-36-40(26)15-21-4-5-23(32)13-25(21)31(33,34)35/h3-6,11-14,19,24,41H,7-10,15-18H2,1-2H3/t24-/m1/s1. The molecule has 15 heteroatoms. The number of amides is 3. The van der Waals surface area contributed by atoms with Crippen LogP contribution in [0.4, 0.5) is 22.8 Å². The largest absolute Gasteiger partial charge is 0.449 e. The topological polar surface area (TPSA) is 108 Å². The summed E-state index contributed by atoms with van der Waals surface area (Å²) >= 11 is 6.64. The summed E-state index contributed by atoms with van der Waals surface area (Å²) in [6, 6.07) is 8.34. The van der Waals surface area contributed by atoms with Gasteiger partial charge in [-0.05, 0) is 59.1 Å². The van der Waals surface area contributed by atoms with E-state index in [2.05, 4.69) is 5.10 Å². The van der Waals surface area contributed by atoms with Gasteiger partial charge in [0.2, 0.25) is 0 Å². The third-order valence-electron chi connectivity index (χ3n) is 7.73. The molecule has 5 rings (SSSR count). The Kier molecular flexibility index (Phi) is 10.3. The molecule has 1 aromatic heterocycles. The van der Waals surface area contributed by atoms with Crippen LogP contribution in [0.3, 0.4) is 0 Å². The highest BCUT2D eigenvalue weighted by Gasteiger charge is 2.37. The number of fused-ring (bicyclic) bond motifs is 1. The average molecular weight is 680 g/mol. The van der Waals surface area contributed by atoms with E-state index in [1.165, 1.54) is 32.8 Å². The maximum absolute atomic E-state index is 13.6. The van der Waals surface area contributed by atoms with Crippen molar-refractivity contribution in [3.05, 3.63) is 69.2 Å². The van der Waals surface area contributed by atoms with Gasteiger partial charge in [0.05, 0.1) is 48.0 Å². The van der Waals surface area contributed by atoms with E-state index in [4.69, 9.17) is 16.3 Å². The second kappa shape index (κ2) is 14.0. The van der Waals surface area contributed by atoms with Crippen molar-refractivity contribution in [2.75, 3.05) is 45.9 Å². The number of halogens is 4. The number of nitrogens with zero attached hydrogens (tertiary/aromatic N) is 5. The second-order valence-corrected chi connectivity index (χ2v) is 13.0. The lowest BCUT2D eigenvalue weighted by Gasteiger charge is -2.40. The lowest BCUT2D eigenvalue weighted by molar-refractivity contribution is -0.138. The van der Waals surface area contributed by atoms with E-state index in [1.807, 2.05) is 18.7 Å². The number of alkyl halides is 3. The summed E-state index contributed by atoms with van der Waals surface area (Å²) in [6.45, 7) is 5.57. The van der Waals surface area contributed by atoms with E-state index in [0.29, 0.717) is 42.6 Å². The van der Waals surface area contributed by atoms with Gasteiger partial charge in [-0.2, -0.15) is 18.3 Å². The number of rotatable bonds is 9. The Morgan fingerprint density at radius 3 is 2.67 bits per heavy atom. The molecule has 3 amide bonds. The van der Waals surface area contributed by atoms with Crippen molar-refractivity contribution in [2.24, 2.45) is 5.92 Å². The third-order valence-corrected chi connectivity index (χ3v) is 8.87. The van der Waals surface area contributed by atoms with Crippen LogP contribution >= 0.6 is 23.4 Å². The number of benzene rings is 2. The van der Waals surface area contributed by atoms with Crippen LogP contribution in [-0.4, -0.2) is 98.8 Å². The Morgan fingerprint density at radius 1 is 1.17 bits per heavy atom. The molecule has 2 aliphatic rings. The molecule has 0 saturated carbocycles. The highest BCUT2D eigenvalue weighted by atomic mass is 35.5. The zero-order valence-electron chi connectivity index (χ0n) is 25.2. The molecule has 0 unspecified atom stereocenters. The number of hydrogen-bond acceptors (Lipinski definition) is 8. The maximum atomic E-state index is 13.6. The van der Waals surface area contributed by atoms with Gasteiger partial charge in [0.25, 0.3) is 11.1 Å². The molecule has 46 heavy (non-hydrogen) atoms. The Hall–Kier alpha value is -3.59. The minimum absolute atomic E-state index is 0.00948. The van der Waals surface area contributed by atoms with Crippen LogP contribution in [0.25, 0.3) is 17.0 Å². The Bertz CT molecular complexity index is 1660. The lowest BCUT2D eigenvalue weighted by atomic mass is 10.1. The molecule has 10 nitrogen and oxygen atoms in total. The van der Waals surface area contributed by atoms with E-state index in [0.717, 1.165) is 17.8 Å². The third kappa shape index (κ3) is 7.68. The number of aliphatic hydroxyl groups is 1. The molecule has 0 radical (unpaired) electrons. The first-order chi connectivity index (χ1) is 21.8. The van der Waals surface area contributed by atoms with Gasteiger partial charge >= 0.3 is 12.3 Å². The van der Waals surface area contributed by atoms with Crippen LogP contribution in [0.5, 0.6) is 0 Å². The number of ether oxygens (including phenoxy) is 1. The highest BCUT2D eigenvalue weighted by molar-refractivity contribution is 8.18. The number of piperazine rings is 1. The van der Waals surface area contributed by atoms with Crippen molar-refractivity contribution in [1.82, 2.24) is 24.5 Å². The van der Waals surface area contributed by atoms with Crippen molar-refractivity contribution < 1.29 is 37.4 Å². The number of carbonyl (C=O) groups excluding carboxylic acids is 3. The minimum atomic E-state index is -4.57. The molecule has 3 aromatic rings. The zero-order valence-corrected chi connectivity index (χ0v) is 26.7. The summed E-state index contributed by atoms with van der Waals surface area (Å²) in [5.74, 6) is -0.237. The first-order valence-corrected chi connectivity index (χ1v) is 15.9. The average Bonchev–Trinajstić information content (AvgIpc) is 3.53. The summed E-state index contributed by atoms with van der Waals surface area (Å²) in [5, 5.41) is 14.4. The van der Waals surface area contributed by atoms with E-state index >= 15 is 0 Å². The van der Waals surface area contributed by atoms with Crippen LogP contribution < -0.4 is 0 Å². The molecule has 2 saturated heterocycles. The quantitative estimate of drug-likeness (QED) is 0.293. The fourth-order valence-corrected chi connectivity index (χ4v) is 6.40. The number of aliphatic hydroxyl groups excluding tert-OH is 1. The predicted octanol–water partition coefficient (Wildman–Crippen LogP) is 5.56. The number of imide groups is 1. The van der Waals surface area contributed by atoms with E-state index in [9.17, 15) is 32.7 Å². The summed E-state index contributed by atoms with van der Waals surface area (Å²) in [7, 11) is 0.